The third-order valence-corrected chi connectivity index (χ3v) is 7.79. The first kappa shape index (κ1) is 33.4. The van der Waals surface area contributed by atoms with Crippen molar-refractivity contribution in [1.29, 1.82) is 0 Å². The normalized spacial score (nSPS) is 11.5. The molecule has 0 unspecified atom stereocenters. The molecule has 0 atom stereocenters. The minimum Gasteiger partial charge on any atom is -0.273 e. The third-order valence-electron chi connectivity index (χ3n) is 7.79. The maximum Gasteiger partial charge on any atom is 0.0260 e. The number of fused-ring (bicyclic) bond motifs is 6. The Hall–Kier alpha value is -5.53. The van der Waals surface area contributed by atoms with Gasteiger partial charge in [-0.3, -0.25) is 4.99 Å². The minimum atomic E-state index is 1.14. The molecule has 46 heavy (non-hydrogen) atoms. The predicted octanol–water partition coefficient (Wildman–Crippen LogP) is 12.8. The van der Waals surface area contributed by atoms with E-state index in [0.29, 0.717) is 0 Å². The summed E-state index contributed by atoms with van der Waals surface area (Å²) in [5, 5.41) is 7.75. The van der Waals surface area contributed by atoms with E-state index in [-0.39, 0.29) is 0 Å². The molecule has 0 aliphatic rings. The van der Waals surface area contributed by atoms with Crippen LogP contribution in [0.4, 0.5) is 0 Å². The van der Waals surface area contributed by atoms with Crippen molar-refractivity contribution in [2.75, 3.05) is 0 Å². The van der Waals surface area contributed by atoms with Gasteiger partial charge in [0.1, 0.15) is 0 Å². The molecule has 0 saturated heterocycles. The average Bonchev–Trinajstić information content (AvgIpc) is 3.11. The van der Waals surface area contributed by atoms with Crippen molar-refractivity contribution in [2.45, 2.75) is 27.2 Å². The highest BCUT2D eigenvalue weighted by Crippen LogP contribution is 2.37. The minimum absolute atomic E-state index is 1.14. The SMILES string of the molecule is C=C/C(=C(\C=C/C)c1cccc(C)c1)c1ccc2c3ccccc3c3ccccc3c2c1.C=C/C=C\N=C.CCc1ccccc1. The second kappa shape index (κ2) is 17.1. The lowest BCUT2D eigenvalue weighted by Crippen LogP contribution is -1.91. The first-order valence-electron chi connectivity index (χ1n) is 15.7. The van der Waals surface area contributed by atoms with Gasteiger partial charge in [0.05, 0.1) is 0 Å². The molecule has 1 heteroatoms. The quantitative estimate of drug-likeness (QED) is 0.0751. The first-order valence-corrected chi connectivity index (χ1v) is 15.7. The van der Waals surface area contributed by atoms with Crippen LogP contribution in [0.15, 0.2) is 176 Å². The summed E-state index contributed by atoms with van der Waals surface area (Å²) in [6.45, 7) is 17.2. The summed E-state index contributed by atoms with van der Waals surface area (Å²) in [6.07, 6.45) is 12.4. The highest BCUT2D eigenvalue weighted by atomic mass is 14.6. The maximum atomic E-state index is 4.19. The van der Waals surface area contributed by atoms with Gasteiger partial charge < -0.3 is 0 Å². The smallest absolute Gasteiger partial charge is 0.0260 e. The lowest BCUT2D eigenvalue weighted by Gasteiger charge is -2.15. The second-order valence-electron chi connectivity index (χ2n) is 10.9. The molecule has 6 rings (SSSR count). The molecule has 6 aromatic rings. The van der Waals surface area contributed by atoms with Crippen LogP contribution in [0, 0.1) is 6.92 Å². The van der Waals surface area contributed by atoms with Crippen LogP contribution in [0.5, 0.6) is 0 Å². The van der Waals surface area contributed by atoms with Crippen LogP contribution >= 0.6 is 0 Å². The molecule has 0 N–H and O–H groups in total. The fourth-order valence-electron chi connectivity index (χ4n) is 5.61. The van der Waals surface area contributed by atoms with Gasteiger partial charge in [0.25, 0.3) is 0 Å². The van der Waals surface area contributed by atoms with Crippen LogP contribution in [0.2, 0.25) is 0 Å². The zero-order valence-electron chi connectivity index (χ0n) is 27.3. The second-order valence-corrected chi connectivity index (χ2v) is 10.9. The maximum absolute atomic E-state index is 4.19. The van der Waals surface area contributed by atoms with Crippen LogP contribution in [0.3, 0.4) is 0 Å². The molecule has 0 radical (unpaired) electrons. The van der Waals surface area contributed by atoms with Crippen LogP contribution in [0.1, 0.15) is 36.1 Å². The van der Waals surface area contributed by atoms with Gasteiger partial charge in [-0.25, -0.2) is 0 Å². The molecule has 0 aromatic heterocycles. The van der Waals surface area contributed by atoms with Crippen molar-refractivity contribution in [1.82, 2.24) is 0 Å². The largest absolute Gasteiger partial charge is 0.273 e. The summed E-state index contributed by atoms with van der Waals surface area (Å²) in [7, 11) is 0. The standard InChI is InChI=1S/C32H26.C8H10.C5H7N/c1-4-11-26(23-13-10-12-22(3)20-23)25(5-2)24-18-19-31-29-16-7-6-14-27(29)28-15-8-9-17-30(28)32(31)21-24;1-2-8-6-4-3-5-7-8;1-3-4-5-6-2/h4-21H,2H2,1,3H3;3-7H,2H2,1H3;3-5H,1-2H2/b11-4-,26-25-;;5-4-. The van der Waals surface area contributed by atoms with Crippen molar-refractivity contribution in [3.05, 3.63) is 193 Å². The van der Waals surface area contributed by atoms with Crippen LogP contribution < -0.4 is 0 Å². The summed E-state index contributed by atoms with van der Waals surface area (Å²) in [6, 6.07) is 43.4. The van der Waals surface area contributed by atoms with Crippen molar-refractivity contribution in [3.8, 4) is 0 Å². The number of aryl methyl sites for hydroxylation is 2. The van der Waals surface area contributed by atoms with E-state index >= 15 is 0 Å². The molecule has 228 valence electrons. The van der Waals surface area contributed by atoms with Crippen molar-refractivity contribution in [2.24, 2.45) is 4.99 Å². The molecule has 0 amide bonds. The van der Waals surface area contributed by atoms with Gasteiger partial charge in [0.15, 0.2) is 0 Å². The number of hydrogen-bond donors (Lipinski definition) is 0. The van der Waals surface area contributed by atoms with E-state index < -0.39 is 0 Å². The third kappa shape index (κ3) is 8.14. The lowest BCUT2D eigenvalue weighted by molar-refractivity contribution is 1.14. The summed E-state index contributed by atoms with van der Waals surface area (Å²) in [5.74, 6) is 0. The number of nitrogens with zero attached hydrogens (tertiary/aromatic N) is 1. The fraction of sp³-hybridized carbons (Fsp3) is 0.0889. The van der Waals surface area contributed by atoms with Crippen LogP contribution in [-0.4, -0.2) is 6.72 Å². The Balaban J connectivity index is 0.000000285. The molecule has 1 nitrogen and oxygen atoms in total. The van der Waals surface area contributed by atoms with Crippen LogP contribution in [-0.2, 0) is 6.42 Å². The van der Waals surface area contributed by atoms with E-state index in [4.69, 9.17) is 0 Å². The fourth-order valence-corrected chi connectivity index (χ4v) is 5.61. The molecule has 0 saturated carbocycles. The van der Waals surface area contributed by atoms with E-state index in [0.717, 1.165) is 12.0 Å². The monoisotopic (exact) mass is 597 g/mol. The van der Waals surface area contributed by atoms with E-state index in [1.807, 2.05) is 12.1 Å². The van der Waals surface area contributed by atoms with E-state index in [2.05, 4.69) is 173 Å². The van der Waals surface area contributed by atoms with E-state index in [9.17, 15) is 0 Å². The van der Waals surface area contributed by atoms with Gasteiger partial charge in [-0.15, -0.1) is 0 Å². The summed E-state index contributed by atoms with van der Waals surface area (Å²) in [5.41, 5.74) is 7.39. The predicted molar refractivity (Wildman–Crippen MR) is 207 cm³/mol. The highest BCUT2D eigenvalue weighted by Gasteiger charge is 2.12. The Kier molecular flexibility index (Phi) is 12.4. The topological polar surface area (TPSA) is 12.4 Å². The Morgan fingerprint density at radius 2 is 1.20 bits per heavy atom. The average molecular weight is 598 g/mol. The number of aliphatic imine (C=N–C) groups is 1. The zero-order valence-corrected chi connectivity index (χ0v) is 27.3. The summed E-state index contributed by atoms with van der Waals surface area (Å²) in [4.78, 5) is 3.42. The Morgan fingerprint density at radius 3 is 1.67 bits per heavy atom. The Bertz CT molecular complexity index is 1990. The van der Waals surface area contributed by atoms with E-state index in [1.165, 1.54) is 60.1 Å². The molecular weight excluding hydrogens is 555 g/mol. The van der Waals surface area contributed by atoms with Gasteiger partial charge in [0.2, 0.25) is 0 Å². The van der Waals surface area contributed by atoms with Gasteiger partial charge >= 0.3 is 0 Å². The summed E-state index contributed by atoms with van der Waals surface area (Å²) >= 11 is 0. The molecule has 0 heterocycles. The van der Waals surface area contributed by atoms with E-state index in [1.54, 1.807) is 18.4 Å². The summed E-state index contributed by atoms with van der Waals surface area (Å²) < 4.78 is 0. The number of allylic oxidation sites excluding steroid dienone is 7. The molecular formula is C45H43N. The Labute approximate surface area is 275 Å². The van der Waals surface area contributed by atoms with Crippen molar-refractivity contribution < 1.29 is 0 Å². The number of hydrogen-bond acceptors (Lipinski definition) is 1. The molecule has 0 aliphatic carbocycles. The van der Waals surface area contributed by atoms with Gasteiger partial charge in [0, 0.05) is 6.20 Å². The zero-order chi connectivity index (χ0) is 32.7. The van der Waals surface area contributed by atoms with Crippen molar-refractivity contribution in [3.63, 3.8) is 0 Å². The number of rotatable bonds is 7. The molecule has 0 aliphatic heterocycles. The van der Waals surface area contributed by atoms with Gasteiger partial charge in [-0.2, -0.15) is 0 Å². The Morgan fingerprint density at radius 1 is 0.630 bits per heavy atom. The lowest BCUT2D eigenvalue weighted by atomic mass is 9.89. The molecule has 6 aromatic carbocycles. The van der Waals surface area contributed by atoms with Crippen molar-refractivity contribution >= 4 is 50.2 Å². The molecule has 0 fully saturated rings. The highest BCUT2D eigenvalue weighted by molar-refractivity contribution is 6.25. The van der Waals surface area contributed by atoms with Gasteiger partial charge in [-0.1, -0.05) is 165 Å². The molecule has 0 spiro atoms. The van der Waals surface area contributed by atoms with Gasteiger partial charge in [-0.05, 0) is 99.3 Å². The molecule has 0 bridgehead atoms. The first-order chi connectivity index (χ1) is 22.6. The van der Waals surface area contributed by atoms with Crippen LogP contribution in [0.25, 0.3) is 43.5 Å². The number of benzene rings is 6.